The topological polar surface area (TPSA) is 85.6 Å². The molecule has 8 heteroatoms. The maximum atomic E-state index is 12.7. The molecule has 0 aromatic carbocycles. The van der Waals surface area contributed by atoms with Crippen molar-refractivity contribution in [3.63, 3.8) is 0 Å². The van der Waals surface area contributed by atoms with Gasteiger partial charge in [-0.3, -0.25) is 18.7 Å². The zero-order valence-corrected chi connectivity index (χ0v) is 16.3. The SMILES string of the molecule is CCCn1c(N2CCCC(C(=O)NC3CCOCC3)C2)cc(=O)n(C)c1=O. The van der Waals surface area contributed by atoms with Gasteiger partial charge < -0.3 is 15.0 Å². The summed E-state index contributed by atoms with van der Waals surface area (Å²) >= 11 is 0. The van der Waals surface area contributed by atoms with Crippen LogP contribution in [0.4, 0.5) is 5.82 Å². The van der Waals surface area contributed by atoms with E-state index in [0.717, 1.165) is 43.2 Å². The van der Waals surface area contributed by atoms with Crippen LogP contribution in [0.5, 0.6) is 0 Å². The van der Waals surface area contributed by atoms with E-state index >= 15 is 0 Å². The number of hydrogen-bond acceptors (Lipinski definition) is 5. The van der Waals surface area contributed by atoms with E-state index in [1.807, 2.05) is 11.8 Å². The van der Waals surface area contributed by atoms with Gasteiger partial charge in [0.05, 0.1) is 5.92 Å². The number of ether oxygens (including phenoxy) is 1. The Bertz CT molecular complexity index is 779. The monoisotopic (exact) mass is 378 g/mol. The summed E-state index contributed by atoms with van der Waals surface area (Å²) in [6, 6.07) is 1.71. The molecule has 1 N–H and O–H groups in total. The highest BCUT2D eigenvalue weighted by molar-refractivity contribution is 5.79. The van der Waals surface area contributed by atoms with Gasteiger partial charge >= 0.3 is 5.69 Å². The molecule has 1 aromatic heterocycles. The van der Waals surface area contributed by atoms with E-state index < -0.39 is 0 Å². The minimum Gasteiger partial charge on any atom is -0.381 e. The molecular formula is C19H30N4O4. The summed E-state index contributed by atoms with van der Waals surface area (Å²) in [4.78, 5) is 39.5. The number of hydrogen-bond donors (Lipinski definition) is 1. The molecule has 2 fully saturated rings. The van der Waals surface area contributed by atoms with Crippen molar-refractivity contribution in [2.24, 2.45) is 13.0 Å². The minimum absolute atomic E-state index is 0.0693. The second kappa shape index (κ2) is 8.73. The van der Waals surface area contributed by atoms with Gasteiger partial charge in [0, 0.05) is 52.0 Å². The predicted molar refractivity (Wildman–Crippen MR) is 103 cm³/mol. The number of aromatic nitrogens is 2. The van der Waals surface area contributed by atoms with Crippen molar-refractivity contribution in [3.05, 3.63) is 26.9 Å². The number of nitrogens with one attached hydrogen (secondary N) is 1. The first-order valence-electron chi connectivity index (χ1n) is 9.95. The summed E-state index contributed by atoms with van der Waals surface area (Å²) in [5.74, 6) is 0.573. The van der Waals surface area contributed by atoms with E-state index in [0.29, 0.717) is 32.1 Å². The number of rotatable bonds is 5. The lowest BCUT2D eigenvalue weighted by atomic mass is 9.96. The van der Waals surface area contributed by atoms with Crippen molar-refractivity contribution in [3.8, 4) is 0 Å². The smallest absolute Gasteiger partial charge is 0.332 e. The summed E-state index contributed by atoms with van der Waals surface area (Å²) in [5.41, 5.74) is -0.607. The molecule has 27 heavy (non-hydrogen) atoms. The fourth-order valence-electron chi connectivity index (χ4n) is 3.91. The lowest BCUT2D eigenvalue weighted by Gasteiger charge is -2.35. The van der Waals surface area contributed by atoms with Crippen LogP contribution in [-0.4, -0.2) is 47.4 Å². The van der Waals surface area contributed by atoms with E-state index in [2.05, 4.69) is 5.32 Å². The van der Waals surface area contributed by atoms with Crippen LogP contribution < -0.4 is 21.5 Å². The van der Waals surface area contributed by atoms with Crippen molar-refractivity contribution >= 4 is 11.7 Å². The van der Waals surface area contributed by atoms with Crippen molar-refractivity contribution in [2.45, 2.75) is 51.6 Å². The first-order valence-corrected chi connectivity index (χ1v) is 9.95. The molecule has 0 spiro atoms. The Labute approximate surface area is 159 Å². The second-order valence-corrected chi connectivity index (χ2v) is 7.51. The number of nitrogens with zero attached hydrogens (tertiary/aromatic N) is 3. The van der Waals surface area contributed by atoms with Gasteiger partial charge in [-0.25, -0.2) is 4.79 Å². The molecule has 0 radical (unpaired) electrons. The summed E-state index contributed by atoms with van der Waals surface area (Å²) in [7, 11) is 1.50. The molecule has 1 amide bonds. The molecule has 2 saturated heterocycles. The Hall–Kier alpha value is -2.09. The average Bonchev–Trinajstić information content (AvgIpc) is 2.69. The lowest BCUT2D eigenvalue weighted by molar-refractivity contribution is -0.126. The number of amides is 1. The van der Waals surface area contributed by atoms with Crippen LogP contribution in [0.1, 0.15) is 39.0 Å². The highest BCUT2D eigenvalue weighted by Gasteiger charge is 2.29. The molecule has 1 aromatic rings. The molecule has 0 bridgehead atoms. The normalized spacial score (nSPS) is 21.3. The van der Waals surface area contributed by atoms with Crippen molar-refractivity contribution in [2.75, 3.05) is 31.2 Å². The van der Waals surface area contributed by atoms with Gasteiger partial charge in [0.15, 0.2) is 0 Å². The Morgan fingerprint density at radius 1 is 1.26 bits per heavy atom. The first-order chi connectivity index (χ1) is 13.0. The molecule has 2 aliphatic heterocycles. The fourth-order valence-corrected chi connectivity index (χ4v) is 3.91. The molecule has 150 valence electrons. The number of anilines is 1. The summed E-state index contributed by atoms with van der Waals surface area (Å²) in [6.07, 6.45) is 4.20. The average molecular weight is 378 g/mol. The van der Waals surface area contributed by atoms with Gasteiger partial charge in [-0.2, -0.15) is 0 Å². The molecular weight excluding hydrogens is 348 g/mol. The summed E-state index contributed by atoms with van der Waals surface area (Å²) in [6.45, 7) is 5.22. The number of piperidine rings is 1. The van der Waals surface area contributed by atoms with Crippen LogP contribution in [0.2, 0.25) is 0 Å². The van der Waals surface area contributed by atoms with Crippen molar-refractivity contribution in [1.29, 1.82) is 0 Å². The standard InChI is InChI=1S/C19H30N4O4/c1-3-8-23-16(12-17(24)21(2)19(23)26)22-9-4-5-14(13-22)18(25)20-15-6-10-27-11-7-15/h12,14-15H,3-11,13H2,1-2H3,(H,20,25). The lowest BCUT2D eigenvalue weighted by Crippen LogP contribution is -2.49. The zero-order chi connectivity index (χ0) is 19.4. The Morgan fingerprint density at radius 2 is 2.00 bits per heavy atom. The van der Waals surface area contributed by atoms with E-state index in [1.165, 1.54) is 13.1 Å². The van der Waals surface area contributed by atoms with Crippen LogP contribution in [0.25, 0.3) is 0 Å². The van der Waals surface area contributed by atoms with Crippen LogP contribution >= 0.6 is 0 Å². The summed E-state index contributed by atoms with van der Waals surface area (Å²) in [5, 5.41) is 3.15. The van der Waals surface area contributed by atoms with Gasteiger partial charge in [0.2, 0.25) is 5.91 Å². The third kappa shape index (κ3) is 4.43. The van der Waals surface area contributed by atoms with Gasteiger partial charge in [-0.05, 0) is 32.1 Å². The maximum Gasteiger partial charge on any atom is 0.332 e. The minimum atomic E-state index is -0.309. The van der Waals surface area contributed by atoms with Gasteiger partial charge in [0.1, 0.15) is 5.82 Å². The zero-order valence-electron chi connectivity index (χ0n) is 16.3. The van der Waals surface area contributed by atoms with Gasteiger partial charge in [-0.1, -0.05) is 6.92 Å². The molecule has 1 unspecified atom stereocenters. The second-order valence-electron chi connectivity index (χ2n) is 7.51. The van der Waals surface area contributed by atoms with Crippen LogP contribution in [0, 0.1) is 5.92 Å². The third-order valence-corrected chi connectivity index (χ3v) is 5.51. The molecule has 8 nitrogen and oxygen atoms in total. The van der Waals surface area contributed by atoms with E-state index in [9.17, 15) is 14.4 Å². The van der Waals surface area contributed by atoms with Gasteiger partial charge in [-0.15, -0.1) is 0 Å². The van der Waals surface area contributed by atoms with E-state index in [-0.39, 0.29) is 29.1 Å². The van der Waals surface area contributed by atoms with Crippen molar-refractivity contribution < 1.29 is 9.53 Å². The van der Waals surface area contributed by atoms with Crippen LogP contribution in [0.3, 0.4) is 0 Å². The van der Waals surface area contributed by atoms with Gasteiger partial charge in [0.25, 0.3) is 5.56 Å². The number of carbonyl (C=O) groups excluding carboxylic acids is 1. The molecule has 2 aliphatic rings. The van der Waals surface area contributed by atoms with E-state index in [1.54, 1.807) is 4.57 Å². The molecule has 3 heterocycles. The maximum absolute atomic E-state index is 12.7. The Morgan fingerprint density at radius 3 is 2.70 bits per heavy atom. The highest BCUT2D eigenvalue weighted by Crippen LogP contribution is 2.22. The third-order valence-electron chi connectivity index (χ3n) is 5.51. The fraction of sp³-hybridized carbons (Fsp3) is 0.737. The largest absolute Gasteiger partial charge is 0.381 e. The van der Waals surface area contributed by atoms with E-state index in [4.69, 9.17) is 4.74 Å². The molecule has 3 rings (SSSR count). The molecule has 1 atom stereocenters. The number of carbonyl (C=O) groups is 1. The molecule has 0 aliphatic carbocycles. The predicted octanol–water partition coefficient (Wildman–Crippen LogP) is 0.469. The Kier molecular flexibility index (Phi) is 6.36. The first kappa shape index (κ1) is 19.7. The quantitative estimate of drug-likeness (QED) is 0.805. The van der Waals surface area contributed by atoms with Crippen LogP contribution in [0.15, 0.2) is 15.7 Å². The van der Waals surface area contributed by atoms with Crippen LogP contribution in [-0.2, 0) is 23.1 Å². The summed E-state index contributed by atoms with van der Waals surface area (Å²) < 4.78 is 8.14. The molecule has 0 saturated carbocycles. The Balaban J connectivity index is 1.77. The van der Waals surface area contributed by atoms with Crippen molar-refractivity contribution in [1.82, 2.24) is 14.5 Å². The highest BCUT2D eigenvalue weighted by atomic mass is 16.5.